The molecule has 2 unspecified atom stereocenters. The van der Waals surface area contributed by atoms with Crippen LogP contribution in [0.4, 0.5) is 0 Å². The SMILES string of the molecule is CC(Cc1ccc(O)cc1)NCC(O)c1ccc(O)c(CS(C)(=O)=O)n1. The number of aromatic hydroxyl groups is 2. The highest BCUT2D eigenvalue weighted by atomic mass is 32.2. The third-order valence-electron chi connectivity index (χ3n) is 3.85. The highest BCUT2D eigenvalue weighted by Gasteiger charge is 2.16. The summed E-state index contributed by atoms with van der Waals surface area (Å²) in [7, 11) is -3.34. The summed E-state index contributed by atoms with van der Waals surface area (Å²) in [4.78, 5) is 4.08. The van der Waals surface area contributed by atoms with E-state index >= 15 is 0 Å². The molecule has 0 aliphatic heterocycles. The van der Waals surface area contributed by atoms with E-state index in [4.69, 9.17) is 0 Å². The van der Waals surface area contributed by atoms with Crippen LogP contribution < -0.4 is 5.32 Å². The number of rotatable bonds is 8. The number of nitrogens with zero attached hydrogens (tertiary/aromatic N) is 1. The van der Waals surface area contributed by atoms with Crippen molar-refractivity contribution >= 4 is 9.84 Å². The van der Waals surface area contributed by atoms with Crippen LogP contribution in [0.25, 0.3) is 0 Å². The molecule has 26 heavy (non-hydrogen) atoms. The van der Waals surface area contributed by atoms with E-state index in [9.17, 15) is 23.7 Å². The molecule has 2 rings (SSSR count). The predicted octanol–water partition coefficient (Wildman–Crippen LogP) is 1.29. The summed E-state index contributed by atoms with van der Waals surface area (Å²) in [5.41, 5.74) is 1.38. The first-order chi connectivity index (χ1) is 12.1. The van der Waals surface area contributed by atoms with Gasteiger partial charge in [0.2, 0.25) is 0 Å². The van der Waals surface area contributed by atoms with E-state index in [0.717, 1.165) is 18.2 Å². The topological polar surface area (TPSA) is 120 Å². The molecule has 0 aliphatic carbocycles. The number of pyridine rings is 1. The van der Waals surface area contributed by atoms with Crippen LogP contribution in [-0.4, -0.2) is 47.6 Å². The van der Waals surface area contributed by atoms with Crippen molar-refractivity contribution in [2.24, 2.45) is 0 Å². The van der Waals surface area contributed by atoms with Gasteiger partial charge >= 0.3 is 0 Å². The molecule has 0 radical (unpaired) electrons. The Morgan fingerprint density at radius 2 is 1.77 bits per heavy atom. The summed E-state index contributed by atoms with van der Waals surface area (Å²) in [6, 6.07) is 9.80. The van der Waals surface area contributed by atoms with Crippen molar-refractivity contribution in [2.45, 2.75) is 31.2 Å². The number of sulfone groups is 1. The highest BCUT2D eigenvalue weighted by Crippen LogP contribution is 2.20. The zero-order valence-electron chi connectivity index (χ0n) is 14.8. The molecular weight excluding hydrogens is 356 g/mol. The fourth-order valence-electron chi connectivity index (χ4n) is 2.53. The van der Waals surface area contributed by atoms with Crippen LogP contribution in [-0.2, 0) is 22.0 Å². The van der Waals surface area contributed by atoms with E-state index in [2.05, 4.69) is 10.3 Å². The van der Waals surface area contributed by atoms with Gasteiger partial charge in [0.05, 0.1) is 17.1 Å². The lowest BCUT2D eigenvalue weighted by molar-refractivity contribution is 0.165. The van der Waals surface area contributed by atoms with Gasteiger partial charge in [0, 0.05) is 18.8 Å². The van der Waals surface area contributed by atoms with Gasteiger partial charge in [-0.05, 0) is 43.2 Å². The number of aliphatic hydroxyl groups excluding tert-OH is 1. The third-order valence-corrected chi connectivity index (χ3v) is 4.65. The fraction of sp³-hybridized carbons (Fsp3) is 0.389. The average molecular weight is 380 g/mol. The predicted molar refractivity (Wildman–Crippen MR) is 98.7 cm³/mol. The van der Waals surface area contributed by atoms with Crippen LogP contribution in [0.2, 0.25) is 0 Å². The Kier molecular flexibility index (Phi) is 6.57. The number of nitrogens with one attached hydrogen (secondary N) is 1. The molecule has 7 nitrogen and oxygen atoms in total. The Hall–Kier alpha value is -2.16. The van der Waals surface area contributed by atoms with Crippen LogP contribution in [0.3, 0.4) is 0 Å². The van der Waals surface area contributed by atoms with E-state index < -0.39 is 15.9 Å². The van der Waals surface area contributed by atoms with Crippen LogP contribution in [0, 0.1) is 0 Å². The fourth-order valence-corrected chi connectivity index (χ4v) is 3.24. The first-order valence-corrected chi connectivity index (χ1v) is 10.3. The van der Waals surface area contributed by atoms with Crippen molar-refractivity contribution < 1.29 is 23.7 Å². The summed E-state index contributed by atoms with van der Waals surface area (Å²) in [5.74, 6) is -0.377. The van der Waals surface area contributed by atoms with Gasteiger partial charge in [0.1, 0.15) is 17.6 Å². The van der Waals surface area contributed by atoms with Crippen LogP contribution >= 0.6 is 0 Å². The molecule has 0 aliphatic rings. The summed E-state index contributed by atoms with van der Waals surface area (Å²) in [6.07, 6.45) is 0.843. The van der Waals surface area contributed by atoms with Crippen LogP contribution in [0.5, 0.6) is 11.5 Å². The monoisotopic (exact) mass is 380 g/mol. The average Bonchev–Trinajstić information content (AvgIpc) is 2.55. The van der Waals surface area contributed by atoms with Crippen molar-refractivity contribution in [1.29, 1.82) is 0 Å². The van der Waals surface area contributed by atoms with E-state index in [1.165, 1.54) is 12.1 Å². The molecule has 142 valence electrons. The first-order valence-electron chi connectivity index (χ1n) is 8.20. The maximum atomic E-state index is 11.4. The Bertz CT molecular complexity index is 837. The van der Waals surface area contributed by atoms with Crippen LogP contribution in [0.1, 0.15) is 30.0 Å². The molecule has 8 heteroatoms. The number of phenolic OH excluding ortho intramolecular Hbond substituents is 1. The number of aromatic nitrogens is 1. The van der Waals surface area contributed by atoms with Gasteiger partial charge < -0.3 is 20.6 Å². The lowest BCUT2D eigenvalue weighted by atomic mass is 10.1. The third kappa shape index (κ3) is 6.29. The molecule has 0 amide bonds. The smallest absolute Gasteiger partial charge is 0.153 e. The van der Waals surface area contributed by atoms with Crippen molar-refractivity contribution in [3.8, 4) is 11.5 Å². The van der Waals surface area contributed by atoms with Gasteiger partial charge in [-0.25, -0.2) is 8.42 Å². The molecule has 0 spiro atoms. The van der Waals surface area contributed by atoms with Crippen molar-refractivity contribution in [1.82, 2.24) is 10.3 Å². The Morgan fingerprint density at radius 3 is 2.38 bits per heavy atom. The molecular formula is C18H24N2O5S. The minimum Gasteiger partial charge on any atom is -0.508 e. The minimum absolute atomic E-state index is 0.0289. The molecule has 2 atom stereocenters. The zero-order chi connectivity index (χ0) is 19.3. The molecule has 1 heterocycles. The Balaban J connectivity index is 1.95. The molecule has 0 saturated carbocycles. The number of hydrogen-bond acceptors (Lipinski definition) is 7. The summed E-state index contributed by atoms with van der Waals surface area (Å²) >= 11 is 0. The summed E-state index contributed by atoms with van der Waals surface area (Å²) < 4.78 is 22.8. The van der Waals surface area contributed by atoms with Crippen molar-refractivity contribution in [3.05, 3.63) is 53.3 Å². The molecule has 0 fully saturated rings. The van der Waals surface area contributed by atoms with Gasteiger partial charge in [-0.15, -0.1) is 0 Å². The normalized spacial score (nSPS) is 14.1. The maximum absolute atomic E-state index is 11.4. The maximum Gasteiger partial charge on any atom is 0.153 e. The lowest BCUT2D eigenvalue weighted by Crippen LogP contribution is -2.32. The highest BCUT2D eigenvalue weighted by molar-refractivity contribution is 7.89. The minimum atomic E-state index is -3.34. The lowest BCUT2D eigenvalue weighted by Gasteiger charge is -2.18. The number of aliphatic hydroxyl groups is 1. The molecule has 0 saturated heterocycles. The standard InChI is InChI=1S/C18H24N2O5S/c1-12(9-13-3-5-14(21)6-4-13)19-10-18(23)15-7-8-17(22)16(20-15)11-26(2,24)25/h3-8,12,18-19,21-23H,9-11H2,1-2H3. The van der Waals surface area contributed by atoms with Gasteiger partial charge in [0.25, 0.3) is 0 Å². The number of phenols is 1. The largest absolute Gasteiger partial charge is 0.508 e. The van der Waals surface area contributed by atoms with E-state index in [0.29, 0.717) is 5.69 Å². The second-order valence-electron chi connectivity index (χ2n) is 6.47. The molecule has 4 N–H and O–H groups in total. The molecule has 1 aromatic carbocycles. The van der Waals surface area contributed by atoms with E-state index in [1.54, 1.807) is 12.1 Å². The molecule has 2 aromatic rings. The van der Waals surface area contributed by atoms with E-state index in [-0.39, 0.29) is 35.5 Å². The second kappa shape index (κ2) is 8.48. The summed E-state index contributed by atoms with van der Waals surface area (Å²) in [6.45, 7) is 2.20. The van der Waals surface area contributed by atoms with Crippen molar-refractivity contribution in [2.75, 3.05) is 12.8 Å². The first kappa shape index (κ1) is 20.2. The Labute approximate surface area is 153 Å². The zero-order valence-corrected chi connectivity index (χ0v) is 15.6. The number of hydrogen-bond donors (Lipinski definition) is 4. The second-order valence-corrected chi connectivity index (χ2v) is 8.61. The number of benzene rings is 1. The van der Waals surface area contributed by atoms with Gasteiger partial charge in [0.15, 0.2) is 9.84 Å². The molecule has 1 aromatic heterocycles. The van der Waals surface area contributed by atoms with Gasteiger partial charge in [-0.3, -0.25) is 4.98 Å². The van der Waals surface area contributed by atoms with Crippen LogP contribution in [0.15, 0.2) is 36.4 Å². The van der Waals surface area contributed by atoms with Crippen molar-refractivity contribution in [3.63, 3.8) is 0 Å². The quantitative estimate of drug-likeness (QED) is 0.545. The van der Waals surface area contributed by atoms with Gasteiger partial charge in [-0.1, -0.05) is 12.1 Å². The summed E-state index contributed by atoms with van der Waals surface area (Å²) in [5, 5.41) is 32.5. The van der Waals surface area contributed by atoms with E-state index in [1.807, 2.05) is 19.1 Å². The molecule has 0 bridgehead atoms. The van der Waals surface area contributed by atoms with Gasteiger partial charge in [-0.2, -0.15) is 0 Å². The Morgan fingerprint density at radius 1 is 1.12 bits per heavy atom.